The van der Waals surface area contributed by atoms with Crippen molar-refractivity contribution in [2.45, 2.75) is 6.92 Å². The first kappa shape index (κ1) is 9.45. The number of aromatic nitrogens is 2. The van der Waals surface area contributed by atoms with E-state index in [1.165, 1.54) is 18.0 Å². The van der Waals surface area contributed by atoms with Crippen molar-refractivity contribution in [2.75, 3.05) is 5.73 Å². The lowest BCUT2D eigenvalue weighted by Gasteiger charge is -2.03. The highest BCUT2D eigenvalue weighted by Crippen LogP contribution is 2.17. The zero-order valence-corrected chi connectivity index (χ0v) is 8.34. The molecule has 0 fully saturated rings. The molecule has 2 aromatic rings. The van der Waals surface area contributed by atoms with Gasteiger partial charge in [-0.05, 0) is 19.1 Å². The van der Waals surface area contributed by atoms with Crippen molar-refractivity contribution in [1.82, 2.24) is 9.97 Å². The number of rotatable bonds is 2. The van der Waals surface area contributed by atoms with E-state index >= 15 is 0 Å². The predicted octanol–water partition coefficient (Wildman–Crippen LogP) is 2.16. The average Bonchev–Trinajstić information content (AvgIpc) is 2.25. The highest BCUT2D eigenvalue weighted by Gasteiger charge is 1.98. The molecule has 0 saturated carbocycles. The third-order valence-electron chi connectivity index (χ3n) is 1.88. The van der Waals surface area contributed by atoms with E-state index in [-0.39, 0.29) is 0 Å². The summed E-state index contributed by atoms with van der Waals surface area (Å²) in [5.41, 5.74) is 7.16. The molecule has 4 heteroatoms. The van der Waals surface area contributed by atoms with Crippen LogP contribution in [0.15, 0.2) is 36.7 Å². The summed E-state index contributed by atoms with van der Waals surface area (Å²) in [5.74, 6) is 0.713. The van der Waals surface area contributed by atoms with Crippen LogP contribution in [0.5, 0.6) is 11.8 Å². The first-order valence-electron chi connectivity index (χ1n) is 4.56. The van der Waals surface area contributed by atoms with Crippen molar-refractivity contribution >= 4 is 5.69 Å². The topological polar surface area (TPSA) is 61.0 Å². The van der Waals surface area contributed by atoms with E-state index in [1.807, 2.05) is 31.2 Å². The maximum Gasteiger partial charge on any atom is 0.322 e. The molecule has 0 atom stereocenters. The minimum atomic E-state index is 0.299. The summed E-state index contributed by atoms with van der Waals surface area (Å²) in [6.07, 6.45) is 3.02. The number of anilines is 1. The van der Waals surface area contributed by atoms with Gasteiger partial charge in [0.05, 0.1) is 18.1 Å². The van der Waals surface area contributed by atoms with Crippen molar-refractivity contribution in [1.29, 1.82) is 0 Å². The van der Waals surface area contributed by atoms with Gasteiger partial charge in [0.15, 0.2) is 0 Å². The summed E-state index contributed by atoms with van der Waals surface area (Å²) in [6, 6.07) is 7.97. The lowest BCUT2D eigenvalue weighted by molar-refractivity contribution is 0.442. The molecular formula is C11H11N3O. The van der Waals surface area contributed by atoms with E-state index in [4.69, 9.17) is 10.5 Å². The van der Waals surface area contributed by atoms with E-state index < -0.39 is 0 Å². The smallest absolute Gasteiger partial charge is 0.322 e. The number of aryl methyl sites for hydroxylation is 1. The molecule has 1 aromatic heterocycles. The Kier molecular flexibility index (Phi) is 2.49. The molecule has 0 spiro atoms. The number of benzene rings is 1. The Labute approximate surface area is 87.7 Å². The van der Waals surface area contributed by atoms with Crippen LogP contribution in [0.2, 0.25) is 0 Å². The van der Waals surface area contributed by atoms with Gasteiger partial charge in [-0.1, -0.05) is 17.7 Å². The summed E-state index contributed by atoms with van der Waals surface area (Å²) in [5, 5.41) is 0. The maximum absolute atomic E-state index is 5.46. The molecule has 1 heterocycles. The molecule has 0 saturated heterocycles. The normalized spacial score (nSPS) is 9.93. The highest BCUT2D eigenvalue weighted by atomic mass is 16.5. The predicted molar refractivity (Wildman–Crippen MR) is 57.7 cm³/mol. The third-order valence-corrected chi connectivity index (χ3v) is 1.88. The van der Waals surface area contributed by atoms with Crippen LogP contribution in [-0.2, 0) is 0 Å². The van der Waals surface area contributed by atoms with Crippen molar-refractivity contribution in [2.24, 2.45) is 0 Å². The summed E-state index contributed by atoms with van der Waals surface area (Å²) < 4.78 is 5.41. The fourth-order valence-electron chi connectivity index (χ4n) is 1.09. The van der Waals surface area contributed by atoms with Crippen LogP contribution in [0.4, 0.5) is 5.69 Å². The molecule has 0 aliphatic rings. The van der Waals surface area contributed by atoms with Crippen molar-refractivity contribution in [3.63, 3.8) is 0 Å². The minimum absolute atomic E-state index is 0.299. The maximum atomic E-state index is 5.46. The van der Waals surface area contributed by atoms with Crippen LogP contribution >= 0.6 is 0 Å². The van der Waals surface area contributed by atoms with E-state index in [0.29, 0.717) is 17.4 Å². The zero-order chi connectivity index (χ0) is 10.7. The first-order chi connectivity index (χ1) is 7.24. The quantitative estimate of drug-likeness (QED) is 0.808. The van der Waals surface area contributed by atoms with Crippen LogP contribution in [0.25, 0.3) is 0 Å². The number of hydrogen-bond acceptors (Lipinski definition) is 4. The second-order valence-electron chi connectivity index (χ2n) is 3.21. The lowest BCUT2D eigenvalue weighted by Crippen LogP contribution is -1.93. The van der Waals surface area contributed by atoms with Gasteiger partial charge < -0.3 is 10.5 Å². The van der Waals surface area contributed by atoms with Crippen molar-refractivity contribution < 1.29 is 4.74 Å². The first-order valence-corrected chi connectivity index (χ1v) is 4.56. The van der Waals surface area contributed by atoms with Gasteiger partial charge in [0.1, 0.15) is 5.75 Å². The molecule has 15 heavy (non-hydrogen) atoms. The Morgan fingerprint density at radius 1 is 1.07 bits per heavy atom. The highest BCUT2D eigenvalue weighted by molar-refractivity contribution is 5.32. The van der Waals surface area contributed by atoms with Gasteiger partial charge in [-0.2, -0.15) is 0 Å². The van der Waals surface area contributed by atoms with Crippen molar-refractivity contribution in [3.8, 4) is 11.8 Å². The fraction of sp³-hybridized carbons (Fsp3) is 0.0909. The Morgan fingerprint density at radius 2 is 1.67 bits per heavy atom. The van der Waals surface area contributed by atoms with E-state index in [0.717, 1.165) is 0 Å². The number of nitrogen functional groups attached to an aromatic ring is 1. The molecule has 4 nitrogen and oxygen atoms in total. The van der Waals surface area contributed by atoms with E-state index in [9.17, 15) is 0 Å². The number of ether oxygens (including phenoxy) is 1. The second-order valence-corrected chi connectivity index (χ2v) is 3.21. The Morgan fingerprint density at radius 3 is 2.27 bits per heavy atom. The van der Waals surface area contributed by atoms with Gasteiger partial charge in [-0.3, -0.25) is 0 Å². The Bertz CT molecular complexity index is 393. The number of nitrogens with two attached hydrogens (primary N) is 1. The molecule has 0 unspecified atom stereocenters. The van der Waals surface area contributed by atoms with Gasteiger partial charge in [-0.15, -0.1) is 0 Å². The lowest BCUT2D eigenvalue weighted by atomic mass is 10.2. The summed E-state index contributed by atoms with van der Waals surface area (Å²) >= 11 is 0. The standard InChI is InChI=1S/C11H11N3O/c1-8-2-4-10(5-3-8)15-11-13-6-9(12)7-14-11/h2-7H,12H2,1H3. The van der Waals surface area contributed by atoms with Gasteiger partial charge in [0.25, 0.3) is 0 Å². The average molecular weight is 201 g/mol. The molecular weight excluding hydrogens is 190 g/mol. The van der Waals surface area contributed by atoms with Crippen LogP contribution in [0.1, 0.15) is 5.56 Å². The Hall–Kier alpha value is -2.10. The van der Waals surface area contributed by atoms with Crippen LogP contribution in [0, 0.1) is 6.92 Å². The Balaban J connectivity index is 2.15. The van der Waals surface area contributed by atoms with E-state index in [2.05, 4.69) is 9.97 Å². The second kappa shape index (κ2) is 3.96. The molecule has 0 bridgehead atoms. The fourth-order valence-corrected chi connectivity index (χ4v) is 1.09. The molecule has 2 rings (SSSR count). The monoisotopic (exact) mass is 201 g/mol. The van der Waals surface area contributed by atoms with E-state index in [1.54, 1.807) is 0 Å². The molecule has 0 aliphatic carbocycles. The number of nitrogens with zero attached hydrogens (tertiary/aromatic N) is 2. The molecule has 0 aliphatic heterocycles. The molecule has 0 amide bonds. The zero-order valence-electron chi connectivity index (χ0n) is 8.34. The van der Waals surface area contributed by atoms with Gasteiger partial charge in [0, 0.05) is 0 Å². The molecule has 1 aromatic carbocycles. The van der Waals surface area contributed by atoms with Crippen LogP contribution in [-0.4, -0.2) is 9.97 Å². The van der Waals surface area contributed by atoms with Crippen LogP contribution in [0.3, 0.4) is 0 Å². The SMILES string of the molecule is Cc1ccc(Oc2ncc(N)cn2)cc1. The van der Waals surface area contributed by atoms with Gasteiger partial charge >= 0.3 is 6.01 Å². The van der Waals surface area contributed by atoms with Crippen molar-refractivity contribution in [3.05, 3.63) is 42.2 Å². The summed E-state index contributed by atoms with van der Waals surface area (Å²) in [7, 11) is 0. The minimum Gasteiger partial charge on any atom is -0.424 e. The third kappa shape index (κ3) is 2.43. The largest absolute Gasteiger partial charge is 0.424 e. The summed E-state index contributed by atoms with van der Waals surface area (Å²) in [6.45, 7) is 2.02. The van der Waals surface area contributed by atoms with Gasteiger partial charge in [-0.25, -0.2) is 9.97 Å². The van der Waals surface area contributed by atoms with Gasteiger partial charge in [0.2, 0.25) is 0 Å². The number of hydrogen-bond donors (Lipinski definition) is 1. The molecule has 76 valence electrons. The van der Waals surface area contributed by atoms with Crippen LogP contribution < -0.4 is 10.5 Å². The summed E-state index contributed by atoms with van der Waals surface area (Å²) in [4.78, 5) is 7.88. The molecule has 2 N–H and O–H groups in total. The molecule has 0 radical (unpaired) electrons.